The van der Waals surface area contributed by atoms with Gasteiger partial charge >= 0.3 is 73.5 Å². The third kappa shape index (κ3) is 2.87. The van der Waals surface area contributed by atoms with Crippen molar-refractivity contribution in [2.24, 2.45) is 0 Å². The predicted molar refractivity (Wildman–Crippen MR) is 50.7 cm³/mol. The molecule has 0 atom stereocenters. The van der Waals surface area contributed by atoms with Crippen LogP contribution in [0.25, 0.3) is 0 Å². The van der Waals surface area contributed by atoms with Crippen LogP contribution in [0.3, 0.4) is 0 Å². The van der Waals surface area contributed by atoms with Gasteiger partial charge < -0.3 is 0 Å². The van der Waals surface area contributed by atoms with Crippen molar-refractivity contribution in [1.29, 1.82) is 0 Å². The van der Waals surface area contributed by atoms with Gasteiger partial charge in [0.15, 0.2) is 0 Å². The van der Waals surface area contributed by atoms with Gasteiger partial charge in [0.25, 0.3) is 0 Å². The molecule has 0 unspecified atom stereocenters. The second-order valence-electron chi connectivity index (χ2n) is 2.48. The fraction of sp³-hybridized carbons (Fsp3) is 0.250. The first kappa shape index (κ1) is 8.32. The van der Waals surface area contributed by atoms with Crippen LogP contribution in [0, 0.1) is 0 Å². The van der Waals surface area contributed by atoms with Crippen molar-refractivity contribution >= 4 is 30.1 Å². The Morgan fingerprint density at radius 2 is 1.70 bits per heavy atom. The van der Waals surface area contributed by atoms with Crippen molar-refractivity contribution in [3.05, 3.63) is 30.3 Å². The number of rotatable bonds is 2. The first-order valence-corrected chi connectivity index (χ1v) is 11.5. The standard InChI is InChI=1S/C8H12SiTe/c1-9(2)10-8-6-4-3-5-7-8/h3-7,9H,1-2H3/q+1. The van der Waals surface area contributed by atoms with E-state index in [1.54, 1.807) is 3.61 Å². The fourth-order valence-electron chi connectivity index (χ4n) is 0.771. The van der Waals surface area contributed by atoms with Gasteiger partial charge in [0.05, 0.1) is 0 Å². The molecular weight excluding hydrogens is 252 g/mol. The van der Waals surface area contributed by atoms with Crippen molar-refractivity contribution in [3.63, 3.8) is 0 Å². The molecule has 0 N–H and O–H groups in total. The molecule has 0 bridgehead atoms. The van der Waals surface area contributed by atoms with Gasteiger partial charge in [0.2, 0.25) is 0 Å². The van der Waals surface area contributed by atoms with Gasteiger partial charge in [-0.3, -0.25) is 0 Å². The molecule has 0 spiro atoms. The maximum atomic E-state index is 2.44. The molecule has 0 amide bonds. The first-order valence-electron chi connectivity index (χ1n) is 3.51. The molecule has 0 aliphatic carbocycles. The SMILES string of the molecule is C[SiH](C)[Te+]c1ccccc1. The van der Waals surface area contributed by atoms with Crippen LogP contribution in [-0.2, 0) is 0 Å². The average molecular weight is 264 g/mol. The van der Waals surface area contributed by atoms with Gasteiger partial charge in [-0.2, -0.15) is 0 Å². The summed E-state index contributed by atoms with van der Waals surface area (Å²) in [5.74, 6) is 0. The summed E-state index contributed by atoms with van der Waals surface area (Å²) in [5.41, 5.74) is 0. The van der Waals surface area contributed by atoms with Crippen molar-refractivity contribution in [1.82, 2.24) is 0 Å². The van der Waals surface area contributed by atoms with E-state index in [0.717, 1.165) is 0 Å². The molecule has 53 valence electrons. The molecule has 10 heavy (non-hydrogen) atoms. The van der Waals surface area contributed by atoms with E-state index in [2.05, 4.69) is 43.4 Å². The number of hydrogen-bond donors (Lipinski definition) is 0. The fourth-order valence-corrected chi connectivity index (χ4v) is 7.93. The van der Waals surface area contributed by atoms with Crippen molar-refractivity contribution in [2.75, 3.05) is 0 Å². The Bertz CT molecular complexity index is 184. The van der Waals surface area contributed by atoms with Gasteiger partial charge in [-0.15, -0.1) is 0 Å². The van der Waals surface area contributed by atoms with E-state index >= 15 is 0 Å². The van der Waals surface area contributed by atoms with Crippen LogP contribution in [0.4, 0.5) is 0 Å². The normalized spacial score (nSPS) is 10.3. The van der Waals surface area contributed by atoms with E-state index in [1.165, 1.54) is 0 Å². The maximum absolute atomic E-state index is 2.44. The van der Waals surface area contributed by atoms with Gasteiger partial charge in [0, 0.05) is 0 Å². The van der Waals surface area contributed by atoms with Crippen LogP contribution in [0.5, 0.6) is 0 Å². The molecule has 1 rings (SSSR count). The molecule has 0 heterocycles. The molecule has 0 saturated heterocycles. The van der Waals surface area contributed by atoms with Gasteiger partial charge in [-0.25, -0.2) is 0 Å². The quantitative estimate of drug-likeness (QED) is 0.699. The van der Waals surface area contributed by atoms with Crippen LogP contribution in [0.2, 0.25) is 13.1 Å². The van der Waals surface area contributed by atoms with Crippen LogP contribution < -0.4 is 3.61 Å². The Morgan fingerprint density at radius 1 is 1.10 bits per heavy atom. The zero-order chi connectivity index (χ0) is 7.40. The summed E-state index contributed by atoms with van der Waals surface area (Å²) in [4.78, 5) is 0. The Balaban J connectivity index is 2.59. The molecule has 0 aromatic heterocycles. The van der Waals surface area contributed by atoms with Gasteiger partial charge in [-0.05, 0) is 0 Å². The molecule has 0 saturated carbocycles. The molecule has 1 aromatic rings. The number of benzene rings is 1. The zero-order valence-corrected chi connectivity index (χ0v) is 9.86. The molecule has 0 aliphatic heterocycles. The number of hydrogen-bond acceptors (Lipinski definition) is 0. The van der Waals surface area contributed by atoms with Crippen molar-refractivity contribution in [2.45, 2.75) is 13.1 Å². The van der Waals surface area contributed by atoms with Crippen LogP contribution >= 0.6 is 0 Å². The van der Waals surface area contributed by atoms with E-state index in [1.807, 2.05) is 0 Å². The molecule has 0 nitrogen and oxygen atoms in total. The van der Waals surface area contributed by atoms with Gasteiger partial charge in [0.1, 0.15) is 0 Å². The van der Waals surface area contributed by atoms with Gasteiger partial charge in [-0.1, -0.05) is 0 Å². The van der Waals surface area contributed by atoms with Crippen molar-refractivity contribution < 1.29 is 0 Å². The summed E-state index contributed by atoms with van der Waals surface area (Å²) in [6, 6.07) is 10.9. The minimum atomic E-state index is -0.267. The monoisotopic (exact) mass is 266 g/mol. The van der Waals surface area contributed by atoms with Crippen molar-refractivity contribution in [3.8, 4) is 0 Å². The van der Waals surface area contributed by atoms with E-state index in [0.29, 0.717) is 0 Å². The Hall–Kier alpha value is 0.226. The topological polar surface area (TPSA) is 0 Å². The summed E-state index contributed by atoms with van der Waals surface area (Å²) in [6.07, 6.45) is -0.267. The summed E-state index contributed by atoms with van der Waals surface area (Å²) in [5, 5.41) is 0. The first-order chi connectivity index (χ1) is 4.79. The molecule has 0 fully saturated rings. The summed E-state index contributed by atoms with van der Waals surface area (Å²) in [7, 11) is 0. The second-order valence-corrected chi connectivity index (χ2v) is 16.2. The predicted octanol–water partition coefficient (Wildman–Crippen LogP) is 0.999. The van der Waals surface area contributed by atoms with E-state index in [9.17, 15) is 0 Å². The summed E-state index contributed by atoms with van der Waals surface area (Å²) >= 11 is 0.237. The van der Waals surface area contributed by atoms with Crippen LogP contribution in [-0.4, -0.2) is 26.5 Å². The van der Waals surface area contributed by atoms with Crippen LogP contribution in [0.15, 0.2) is 30.3 Å². The zero-order valence-electron chi connectivity index (χ0n) is 6.37. The Morgan fingerprint density at radius 3 is 2.20 bits per heavy atom. The molecule has 0 aliphatic rings. The third-order valence-electron chi connectivity index (χ3n) is 1.11. The molecular formula is C8H12SiTe+. The third-order valence-corrected chi connectivity index (χ3v) is 9.00. The van der Waals surface area contributed by atoms with E-state index in [-0.39, 0.29) is 26.5 Å². The average Bonchev–Trinajstić information content (AvgIpc) is 1.88. The Kier molecular flexibility index (Phi) is 3.48. The van der Waals surface area contributed by atoms with E-state index < -0.39 is 0 Å². The second kappa shape index (κ2) is 4.18. The summed E-state index contributed by atoms with van der Waals surface area (Å²) in [6.45, 7) is 4.88. The molecule has 1 aromatic carbocycles. The summed E-state index contributed by atoms with van der Waals surface area (Å²) < 4.78 is 1.63. The minimum absolute atomic E-state index is 0.237. The molecule has 1 radical (unpaired) electrons. The Labute approximate surface area is 73.4 Å². The molecule has 2 heteroatoms. The van der Waals surface area contributed by atoms with Crippen LogP contribution in [0.1, 0.15) is 0 Å². The van der Waals surface area contributed by atoms with E-state index in [4.69, 9.17) is 0 Å².